The van der Waals surface area contributed by atoms with Crippen molar-refractivity contribution >= 4 is 28.4 Å². The Labute approximate surface area is 133 Å². The van der Waals surface area contributed by atoms with Crippen molar-refractivity contribution in [3.05, 3.63) is 70.1 Å². The summed E-state index contributed by atoms with van der Waals surface area (Å²) >= 11 is 0. The molecule has 1 amide bonds. The van der Waals surface area contributed by atoms with Gasteiger partial charge in [0.15, 0.2) is 5.69 Å². The van der Waals surface area contributed by atoms with Crippen molar-refractivity contribution in [2.45, 2.75) is 12.8 Å². The van der Waals surface area contributed by atoms with Crippen LogP contribution in [0.4, 0.5) is 11.4 Å². The molecule has 1 aliphatic carbocycles. The maximum atomic E-state index is 12.2. The lowest BCUT2D eigenvalue weighted by Crippen LogP contribution is -2.11. The number of nitrogens with one attached hydrogen (secondary N) is 1. The van der Waals surface area contributed by atoms with E-state index in [9.17, 15) is 4.79 Å². The van der Waals surface area contributed by atoms with Crippen LogP contribution < -0.4 is 5.32 Å². The predicted molar refractivity (Wildman–Crippen MR) is 87.6 cm³/mol. The molecule has 2 aromatic carbocycles. The molecular weight excluding hydrogens is 286 g/mol. The van der Waals surface area contributed by atoms with Gasteiger partial charge in [0.2, 0.25) is 5.91 Å². The van der Waals surface area contributed by atoms with Crippen molar-refractivity contribution in [3.8, 4) is 6.07 Å². The molecule has 1 heterocycles. The standard InChI is InChI=1S/C19H11N3O/c1-21-13-4-3-12-7-15-16(14(12)8-13)9-19(23)22-18-5-2-11(10-20)6-17(15)18/h2-6,8H,7,9H2,(H,22,23). The molecule has 4 nitrogen and oxygen atoms in total. The number of nitriles is 1. The fraction of sp³-hybridized carbons (Fsp3) is 0.105. The largest absolute Gasteiger partial charge is 0.325 e. The SMILES string of the molecule is [C-]#[N+]c1ccc2c(c1)C1=C(C2)c2cc(C#N)ccc2NC(=O)C1. The predicted octanol–water partition coefficient (Wildman–Crippen LogP) is 3.92. The number of nitrogens with zero attached hydrogens (tertiary/aromatic N) is 2. The Morgan fingerprint density at radius 1 is 1.09 bits per heavy atom. The Kier molecular flexibility index (Phi) is 2.79. The molecule has 4 rings (SSSR count). The minimum absolute atomic E-state index is 0.0676. The average Bonchev–Trinajstić information content (AvgIpc) is 2.85. The van der Waals surface area contributed by atoms with E-state index in [1.54, 1.807) is 12.1 Å². The fourth-order valence-corrected chi connectivity index (χ4v) is 3.32. The Morgan fingerprint density at radius 3 is 2.70 bits per heavy atom. The zero-order chi connectivity index (χ0) is 16.0. The molecular formula is C19H11N3O. The molecule has 0 bridgehead atoms. The summed E-state index contributed by atoms with van der Waals surface area (Å²) in [6, 6.07) is 13.1. The number of allylic oxidation sites excluding steroid dienone is 1. The Balaban J connectivity index is 1.96. The molecule has 0 radical (unpaired) electrons. The van der Waals surface area contributed by atoms with Gasteiger partial charge >= 0.3 is 0 Å². The molecule has 2 aliphatic rings. The molecule has 0 fully saturated rings. The number of carbonyl (C=O) groups excluding carboxylic acids is 1. The van der Waals surface area contributed by atoms with Crippen molar-refractivity contribution < 1.29 is 4.79 Å². The molecule has 1 aliphatic heterocycles. The topological polar surface area (TPSA) is 57.2 Å². The average molecular weight is 297 g/mol. The summed E-state index contributed by atoms with van der Waals surface area (Å²) in [5, 5.41) is 12.1. The highest BCUT2D eigenvalue weighted by Gasteiger charge is 2.28. The third kappa shape index (κ3) is 2.01. The van der Waals surface area contributed by atoms with Gasteiger partial charge in [-0.05, 0) is 53.0 Å². The van der Waals surface area contributed by atoms with E-state index in [2.05, 4.69) is 16.2 Å². The fourth-order valence-electron chi connectivity index (χ4n) is 3.32. The van der Waals surface area contributed by atoms with E-state index in [0.29, 0.717) is 17.7 Å². The van der Waals surface area contributed by atoms with Crippen LogP contribution in [0.5, 0.6) is 0 Å². The molecule has 1 N–H and O–H groups in total. The van der Waals surface area contributed by atoms with Crippen LogP contribution in [0.3, 0.4) is 0 Å². The number of anilines is 1. The number of fused-ring (bicyclic) bond motifs is 4. The lowest BCUT2D eigenvalue weighted by molar-refractivity contribution is -0.115. The molecule has 0 atom stereocenters. The Morgan fingerprint density at radius 2 is 1.91 bits per heavy atom. The Bertz CT molecular complexity index is 987. The van der Waals surface area contributed by atoms with E-state index >= 15 is 0 Å². The normalized spacial score (nSPS) is 14.8. The molecule has 0 aromatic heterocycles. The van der Waals surface area contributed by atoms with Crippen molar-refractivity contribution in [3.63, 3.8) is 0 Å². The molecule has 0 saturated heterocycles. The first kappa shape index (κ1) is 13.3. The molecule has 0 unspecified atom stereocenters. The highest BCUT2D eigenvalue weighted by Crippen LogP contribution is 2.45. The van der Waals surface area contributed by atoms with Crippen molar-refractivity contribution in [1.82, 2.24) is 0 Å². The quantitative estimate of drug-likeness (QED) is 0.749. The molecule has 23 heavy (non-hydrogen) atoms. The third-order valence-corrected chi connectivity index (χ3v) is 4.36. The third-order valence-electron chi connectivity index (χ3n) is 4.36. The first-order valence-corrected chi connectivity index (χ1v) is 7.27. The number of benzene rings is 2. The highest BCUT2D eigenvalue weighted by atomic mass is 16.1. The van der Waals surface area contributed by atoms with E-state index in [4.69, 9.17) is 11.8 Å². The van der Waals surface area contributed by atoms with Gasteiger partial charge in [-0.3, -0.25) is 4.79 Å². The smallest absolute Gasteiger partial charge is 0.228 e. The van der Waals surface area contributed by atoms with Crippen molar-refractivity contribution in [2.75, 3.05) is 5.32 Å². The van der Waals surface area contributed by atoms with E-state index in [-0.39, 0.29) is 5.91 Å². The maximum absolute atomic E-state index is 12.2. The van der Waals surface area contributed by atoms with Crippen LogP contribution in [-0.4, -0.2) is 5.91 Å². The van der Waals surface area contributed by atoms with Crippen LogP contribution in [0.15, 0.2) is 36.4 Å². The minimum Gasteiger partial charge on any atom is -0.325 e. The Hall–Kier alpha value is -3.37. The van der Waals surface area contributed by atoms with Crippen LogP contribution in [0.25, 0.3) is 16.0 Å². The zero-order valence-corrected chi connectivity index (χ0v) is 12.2. The second-order valence-corrected chi connectivity index (χ2v) is 5.68. The van der Waals surface area contributed by atoms with Gasteiger partial charge in [-0.2, -0.15) is 5.26 Å². The van der Waals surface area contributed by atoms with Crippen LogP contribution in [0.2, 0.25) is 0 Å². The molecule has 0 spiro atoms. The van der Waals surface area contributed by atoms with E-state index < -0.39 is 0 Å². The van der Waals surface area contributed by atoms with Crippen LogP contribution in [0, 0.1) is 17.9 Å². The van der Waals surface area contributed by atoms with Gasteiger partial charge in [0.25, 0.3) is 0 Å². The van der Waals surface area contributed by atoms with Gasteiger partial charge in [-0.1, -0.05) is 12.1 Å². The minimum atomic E-state index is -0.0676. The summed E-state index contributed by atoms with van der Waals surface area (Å²) in [6.07, 6.45) is 1.01. The maximum Gasteiger partial charge on any atom is 0.228 e. The monoisotopic (exact) mass is 297 g/mol. The number of hydrogen-bond donors (Lipinski definition) is 1. The highest BCUT2D eigenvalue weighted by molar-refractivity contribution is 6.12. The van der Waals surface area contributed by atoms with Gasteiger partial charge < -0.3 is 5.32 Å². The summed E-state index contributed by atoms with van der Waals surface area (Å²) in [5.41, 5.74) is 6.97. The van der Waals surface area contributed by atoms with Gasteiger partial charge in [-0.25, -0.2) is 4.85 Å². The first-order chi connectivity index (χ1) is 11.2. The lowest BCUT2D eigenvalue weighted by Gasteiger charge is -2.10. The summed E-state index contributed by atoms with van der Waals surface area (Å²) in [5.74, 6) is -0.0676. The summed E-state index contributed by atoms with van der Waals surface area (Å²) in [7, 11) is 0. The van der Waals surface area contributed by atoms with Crippen molar-refractivity contribution in [1.29, 1.82) is 5.26 Å². The van der Waals surface area contributed by atoms with E-state index in [0.717, 1.165) is 39.9 Å². The molecule has 0 saturated carbocycles. The number of carbonyl (C=O) groups is 1. The van der Waals surface area contributed by atoms with Crippen molar-refractivity contribution in [2.24, 2.45) is 0 Å². The molecule has 108 valence electrons. The van der Waals surface area contributed by atoms with Crippen LogP contribution >= 0.6 is 0 Å². The molecule has 4 heteroatoms. The van der Waals surface area contributed by atoms with Crippen LogP contribution in [0.1, 0.15) is 28.7 Å². The van der Waals surface area contributed by atoms with Crippen LogP contribution in [-0.2, 0) is 11.2 Å². The summed E-state index contributed by atoms with van der Waals surface area (Å²) in [6.45, 7) is 7.19. The number of rotatable bonds is 0. The number of amides is 1. The second kappa shape index (κ2) is 4.83. The second-order valence-electron chi connectivity index (χ2n) is 5.68. The summed E-state index contributed by atoms with van der Waals surface area (Å²) < 4.78 is 0. The van der Waals surface area contributed by atoms with E-state index in [1.165, 1.54) is 0 Å². The summed E-state index contributed by atoms with van der Waals surface area (Å²) in [4.78, 5) is 15.7. The lowest BCUT2D eigenvalue weighted by atomic mass is 9.97. The van der Waals surface area contributed by atoms with Gasteiger partial charge in [-0.15, -0.1) is 0 Å². The van der Waals surface area contributed by atoms with E-state index in [1.807, 2.05) is 24.3 Å². The van der Waals surface area contributed by atoms with Gasteiger partial charge in [0.05, 0.1) is 24.6 Å². The first-order valence-electron chi connectivity index (χ1n) is 7.27. The van der Waals surface area contributed by atoms with Gasteiger partial charge in [0, 0.05) is 11.3 Å². The zero-order valence-electron chi connectivity index (χ0n) is 12.2. The number of hydrogen-bond acceptors (Lipinski definition) is 2. The van der Waals surface area contributed by atoms with Gasteiger partial charge in [0.1, 0.15) is 0 Å². The molecule has 2 aromatic rings.